The van der Waals surface area contributed by atoms with Crippen molar-refractivity contribution in [1.29, 1.82) is 0 Å². The van der Waals surface area contributed by atoms with Crippen molar-refractivity contribution in [2.45, 2.75) is 0 Å². The van der Waals surface area contributed by atoms with Crippen molar-refractivity contribution < 1.29 is 4.39 Å². The summed E-state index contributed by atoms with van der Waals surface area (Å²) in [5, 5.41) is 1.10. The molecule has 0 amide bonds. The van der Waals surface area contributed by atoms with E-state index in [1.54, 1.807) is 36.4 Å². The molecule has 0 bridgehead atoms. The van der Waals surface area contributed by atoms with Crippen molar-refractivity contribution in [3.8, 4) is 22.3 Å². The summed E-state index contributed by atoms with van der Waals surface area (Å²) in [5.41, 5.74) is 2.87. The highest BCUT2D eigenvalue weighted by molar-refractivity contribution is 6.34. The highest BCUT2D eigenvalue weighted by Gasteiger charge is 2.14. The van der Waals surface area contributed by atoms with Crippen LogP contribution in [-0.2, 0) is 0 Å². The summed E-state index contributed by atoms with van der Waals surface area (Å²) in [6.07, 6.45) is 0. The molecule has 0 aliphatic carbocycles. The van der Waals surface area contributed by atoms with Crippen LogP contribution >= 0.6 is 23.2 Å². The van der Waals surface area contributed by atoms with Gasteiger partial charge in [0, 0.05) is 22.2 Å². The van der Waals surface area contributed by atoms with Crippen LogP contribution in [-0.4, -0.2) is 0 Å². The molecule has 0 nitrogen and oxygen atoms in total. The van der Waals surface area contributed by atoms with Crippen LogP contribution in [0.3, 0.4) is 0 Å². The summed E-state index contributed by atoms with van der Waals surface area (Å²) in [7, 11) is 0. The fourth-order valence-corrected chi connectivity index (χ4v) is 2.67. The van der Waals surface area contributed by atoms with E-state index in [0.29, 0.717) is 15.6 Å². The molecule has 0 unspecified atom stereocenters. The molecule has 0 N–H and O–H groups in total. The highest BCUT2D eigenvalue weighted by Crippen LogP contribution is 2.38. The maximum atomic E-state index is 14.1. The third-order valence-corrected chi connectivity index (χ3v) is 3.80. The fraction of sp³-hybridized carbons (Fsp3) is 0. The Balaban J connectivity index is 2.26. The maximum absolute atomic E-state index is 14.1. The minimum Gasteiger partial charge on any atom is -0.206 e. The Kier molecular flexibility index (Phi) is 3.96. The number of hydrogen-bond acceptors (Lipinski definition) is 0. The normalized spacial score (nSPS) is 10.6. The van der Waals surface area contributed by atoms with Gasteiger partial charge in [0.15, 0.2) is 0 Å². The van der Waals surface area contributed by atoms with Crippen molar-refractivity contribution in [3.05, 3.63) is 82.6 Å². The molecule has 103 valence electrons. The maximum Gasteiger partial charge on any atom is 0.131 e. The first-order valence-electron chi connectivity index (χ1n) is 6.38. The molecule has 0 aliphatic heterocycles. The predicted molar refractivity (Wildman–Crippen MR) is 86.1 cm³/mol. The van der Waals surface area contributed by atoms with Gasteiger partial charge in [-0.15, -0.1) is 0 Å². The molecular formula is C18H10Cl2F. The first-order valence-corrected chi connectivity index (χ1v) is 7.13. The lowest BCUT2D eigenvalue weighted by molar-refractivity contribution is 0.631. The van der Waals surface area contributed by atoms with Gasteiger partial charge in [-0.1, -0.05) is 65.7 Å². The van der Waals surface area contributed by atoms with Gasteiger partial charge >= 0.3 is 0 Å². The van der Waals surface area contributed by atoms with Gasteiger partial charge in [-0.2, -0.15) is 0 Å². The van der Waals surface area contributed by atoms with E-state index in [4.69, 9.17) is 23.2 Å². The van der Waals surface area contributed by atoms with E-state index in [2.05, 4.69) is 6.07 Å². The second kappa shape index (κ2) is 5.88. The molecule has 21 heavy (non-hydrogen) atoms. The summed E-state index contributed by atoms with van der Waals surface area (Å²) in [6, 6.07) is 20.4. The molecule has 1 radical (unpaired) electrons. The summed E-state index contributed by atoms with van der Waals surface area (Å²) in [5.74, 6) is -0.282. The molecule has 0 atom stereocenters. The minimum absolute atomic E-state index is 0.282. The first kappa shape index (κ1) is 14.1. The largest absolute Gasteiger partial charge is 0.206 e. The number of halogens is 3. The highest BCUT2D eigenvalue weighted by atomic mass is 35.5. The topological polar surface area (TPSA) is 0 Å². The summed E-state index contributed by atoms with van der Waals surface area (Å²) in [6.45, 7) is 0. The van der Waals surface area contributed by atoms with Gasteiger partial charge in [0.2, 0.25) is 0 Å². The van der Waals surface area contributed by atoms with Crippen LogP contribution in [0.25, 0.3) is 22.3 Å². The molecule has 0 aliphatic rings. The number of hydrogen-bond donors (Lipinski definition) is 0. The lowest BCUT2D eigenvalue weighted by Crippen LogP contribution is -1.89. The Morgan fingerprint density at radius 3 is 2.24 bits per heavy atom. The second-order valence-electron chi connectivity index (χ2n) is 4.57. The van der Waals surface area contributed by atoms with Gasteiger partial charge in [-0.3, -0.25) is 0 Å². The Bertz CT molecular complexity index is 779. The van der Waals surface area contributed by atoms with E-state index in [-0.39, 0.29) is 5.82 Å². The van der Waals surface area contributed by atoms with Crippen LogP contribution in [0.15, 0.2) is 60.7 Å². The lowest BCUT2D eigenvalue weighted by atomic mass is 9.94. The Morgan fingerprint density at radius 2 is 1.52 bits per heavy atom. The van der Waals surface area contributed by atoms with Crippen LogP contribution in [0.1, 0.15) is 0 Å². The third-order valence-electron chi connectivity index (χ3n) is 3.25. The number of benzene rings is 3. The molecule has 0 spiro atoms. The molecule has 3 aromatic rings. The Morgan fingerprint density at radius 1 is 0.810 bits per heavy atom. The van der Waals surface area contributed by atoms with Crippen LogP contribution in [0, 0.1) is 11.9 Å². The molecule has 0 fully saturated rings. The van der Waals surface area contributed by atoms with E-state index in [1.165, 1.54) is 6.07 Å². The van der Waals surface area contributed by atoms with E-state index in [9.17, 15) is 4.39 Å². The van der Waals surface area contributed by atoms with Gasteiger partial charge < -0.3 is 0 Å². The molecule has 0 saturated carbocycles. The first-order chi connectivity index (χ1) is 10.2. The zero-order valence-corrected chi connectivity index (χ0v) is 12.4. The molecule has 0 saturated heterocycles. The standard InChI is InChI=1S/C18H10Cl2F/c19-13-10-8-12(9-11-13)18-15(5-3-6-16(18)20)14-4-1-2-7-17(14)21/h1-5,7-11H. The second-order valence-corrected chi connectivity index (χ2v) is 5.38. The zero-order chi connectivity index (χ0) is 14.8. The van der Waals surface area contributed by atoms with E-state index in [0.717, 1.165) is 16.7 Å². The zero-order valence-electron chi connectivity index (χ0n) is 10.9. The van der Waals surface area contributed by atoms with Crippen molar-refractivity contribution in [3.63, 3.8) is 0 Å². The van der Waals surface area contributed by atoms with E-state index < -0.39 is 0 Å². The quantitative estimate of drug-likeness (QED) is 0.523. The SMILES string of the molecule is Fc1ccccc1-c1cc[c]c(Cl)c1-c1ccc(Cl)cc1. The fourth-order valence-electron chi connectivity index (χ4n) is 2.27. The average Bonchev–Trinajstić information content (AvgIpc) is 2.49. The summed E-state index contributed by atoms with van der Waals surface area (Å²) < 4.78 is 14.1. The number of rotatable bonds is 2. The van der Waals surface area contributed by atoms with Crippen LogP contribution in [0.2, 0.25) is 10.0 Å². The summed E-state index contributed by atoms with van der Waals surface area (Å²) in [4.78, 5) is 0. The predicted octanol–water partition coefficient (Wildman–Crippen LogP) is 6.27. The summed E-state index contributed by atoms with van der Waals surface area (Å²) >= 11 is 12.2. The van der Waals surface area contributed by atoms with Crippen molar-refractivity contribution in [2.24, 2.45) is 0 Å². The smallest absolute Gasteiger partial charge is 0.131 e. The van der Waals surface area contributed by atoms with Gasteiger partial charge in [-0.05, 0) is 29.3 Å². The van der Waals surface area contributed by atoms with E-state index in [1.807, 2.05) is 18.2 Å². The van der Waals surface area contributed by atoms with Gasteiger partial charge in [0.25, 0.3) is 0 Å². The molecule has 3 aromatic carbocycles. The Hall–Kier alpha value is -1.83. The monoisotopic (exact) mass is 315 g/mol. The third kappa shape index (κ3) is 2.80. The van der Waals surface area contributed by atoms with Crippen LogP contribution < -0.4 is 0 Å². The average molecular weight is 316 g/mol. The molecular weight excluding hydrogens is 306 g/mol. The van der Waals surface area contributed by atoms with Crippen molar-refractivity contribution in [1.82, 2.24) is 0 Å². The minimum atomic E-state index is -0.282. The molecule has 0 aromatic heterocycles. The van der Waals surface area contributed by atoms with Gasteiger partial charge in [-0.25, -0.2) is 4.39 Å². The Labute approximate surface area is 132 Å². The van der Waals surface area contributed by atoms with Crippen LogP contribution in [0.4, 0.5) is 4.39 Å². The molecule has 3 rings (SSSR count). The molecule has 0 heterocycles. The van der Waals surface area contributed by atoms with E-state index >= 15 is 0 Å². The van der Waals surface area contributed by atoms with Crippen molar-refractivity contribution in [2.75, 3.05) is 0 Å². The lowest BCUT2D eigenvalue weighted by Gasteiger charge is -2.12. The van der Waals surface area contributed by atoms with Crippen molar-refractivity contribution >= 4 is 23.2 Å². The molecule has 3 heteroatoms. The van der Waals surface area contributed by atoms with Gasteiger partial charge in [0.1, 0.15) is 5.82 Å². The van der Waals surface area contributed by atoms with Gasteiger partial charge in [0.05, 0.1) is 5.02 Å². The van der Waals surface area contributed by atoms with Crippen LogP contribution in [0.5, 0.6) is 0 Å².